The average Bonchev–Trinajstić information content (AvgIpc) is 3.01. The number of cyclic esters (lactones) is 1. The molecule has 0 saturated carbocycles. The number of carbonyl (C=O) groups is 2. The second-order valence-corrected chi connectivity index (χ2v) is 11.8. The SMILES string of the molecule is COc1ccc(-c2ccc(C(=O)O)cc2C)cc1-c1ccc(C(F)(F)F)cc1CN1C(=O)O[C@H](c2cc(C)cc(C(F)(F)F)c2)C[C@@H]1C. The zero-order chi connectivity index (χ0) is 35.1. The minimum Gasteiger partial charge on any atom is -0.496 e. The second-order valence-electron chi connectivity index (χ2n) is 11.8. The number of carboxylic acid groups (broad SMARTS) is 1. The molecule has 2 atom stereocenters. The molecule has 4 aromatic rings. The molecular formula is C36H31F6NO5. The van der Waals surface area contributed by atoms with Crippen LogP contribution in [0.3, 0.4) is 0 Å². The van der Waals surface area contributed by atoms with Crippen LogP contribution in [0.25, 0.3) is 22.3 Å². The number of hydrogen-bond donors (Lipinski definition) is 1. The van der Waals surface area contributed by atoms with E-state index in [1.54, 1.807) is 38.1 Å². The lowest BCUT2D eigenvalue weighted by Gasteiger charge is -2.38. The standard InChI is InChI=1S/C36H31F6NO5/c1-19-11-24(15-27(12-19)36(40,41)42)32-14-21(3)43(34(46)48-32)18-25-16-26(35(37,38)39)7-9-29(25)30-17-22(6-10-31(30)47-4)28-8-5-23(33(44)45)13-20(28)2/h5-13,15-17,21,32H,14,18H2,1-4H3,(H,44,45)/t21-,32-/m0/s1. The third-order valence-electron chi connectivity index (χ3n) is 8.41. The van der Waals surface area contributed by atoms with E-state index in [0.717, 1.165) is 24.3 Å². The summed E-state index contributed by atoms with van der Waals surface area (Å²) in [6.45, 7) is 4.61. The zero-order valence-corrected chi connectivity index (χ0v) is 26.3. The molecule has 4 aromatic carbocycles. The highest BCUT2D eigenvalue weighted by atomic mass is 19.4. The van der Waals surface area contributed by atoms with Crippen molar-refractivity contribution in [2.45, 2.75) is 58.2 Å². The van der Waals surface area contributed by atoms with E-state index in [2.05, 4.69) is 0 Å². The van der Waals surface area contributed by atoms with Gasteiger partial charge in [-0.25, -0.2) is 9.59 Å². The molecule has 1 amide bonds. The van der Waals surface area contributed by atoms with Crippen molar-refractivity contribution in [3.8, 4) is 28.0 Å². The number of halogens is 6. The molecule has 1 heterocycles. The number of aryl methyl sites for hydroxylation is 2. The van der Waals surface area contributed by atoms with Gasteiger partial charge in [0.25, 0.3) is 0 Å². The number of alkyl halides is 6. The summed E-state index contributed by atoms with van der Waals surface area (Å²) < 4.78 is 93.4. The Bertz CT molecular complexity index is 1880. The Morgan fingerprint density at radius 2 is 1.56 bits per heavy atom. The van der Waals surface area contributed by atoms with E-state index in [-0.39, 0.29) is 29.7 Å². The average molecular weight is 672 g/mol. The Morgan fingerprint density at radius 3 is 2.17 bits per heavy atom. The van der Waals surface area contributed by atoms with Gasteiger partial charge >= 0.3 is 24.4 Å². The summed E-state index contributed by atoms with van der Waals surface area (Å²) in [5.74, 6) is -0.745. The zero-order valence-electron chi connectivity index (χ0n) is 26.3. The number of ether oxygens (including phenoxy) is 2. The summed E-state index contributed by atoms with van der Waals surface area (Å²) in [6.07, 6.45) is -11.1. The van der Waals surface area contributed by atoms with Gasteiger partial charge in [0.2, 0.25) is 0 Å². The minimum atomic E-state index is -4.69. The van der Waals surface area contributed by atoms with Gasteiger partial charge in [-0.2, -0.15) is 26.3 Å². The molecule has 12 heteroatoms. The van der Waals surface area contributed by atoms with E-state index >= 15 is 0 Å². The summed E-state index contributed by atoms with van der Waals surface area (Å²) in [5, 5.41) is 9.36. The molecule has 0 unspecified atom stereocenters. The van der Waals surface area contributed by atoms with Gasteiger partial charge in [0, 0.05) is 24.6 Å². The number of carboxylic acids is 1. The molecule has 1 N–H and O–H groups in total. The third kappa shape index (κ3) is 7.12. The Hall–Kier alpha value is -5.00. The van der Waals surface area contributed by atoms with Crippen molar-refractivity contribution in [2.24, 2.45) is 0 Å². The summed E-state index contributed by atoms with van der Waals surface area (Å²) in [5.41, 5.74) is 1.71. The largest absolute Gasteiger partial charge is 0.496 e. The Labute approximate surface area is 272 Å². The van der Waals surface area contributed by atoms with Crippen molar-refractivity contribution in [1.29, 1.82) is 0 Å². The summed E-state index contributed by atoms with van der Waals surface area (Å²) in [4.78, 5) is 26.1. The number of hydrogen-bond acceptors (Lipinski definition) is 4. The van der Waals surface area contributed by atoms with E-state index < -0.39 is 47.7 Å². The first kappa shape index (κ1) is 34.3. The van der Waals surface area contributed by atoms with Crippen molar-refractivity contribution in [1.82, 2.24) is 4.90 Å². The molecule has 5 rings (SSSR count). The molecule has 1 aliphatic rings. The molecule has 0 aromatic heterocycles. The number of rotatable bonds is 7. The third-order valence-corrected chi connectivity index (χ3v) is 8.41. The predicted molar refractivity (Wildman–Crippen MR) is 166 cm³/mol. The van der Waals surface area contributed by atoms with Gasteiger partial charge in [0.15, 0.2) is 0 Å². The van der Waals surface area contributed by atoms with Crippen LogP contribution in [0.4, 0.5) is 31.1 Å². The van der Waals surface area contributed by atoms with Gasteiger partial charge in [0.1, 0.15) is 11.9 Å². The van der Waals surface area contributed by atoms with Gasteiger partial charge < -0.3 is 19.5 Å². The molecule has 0 radical (unpaired) electrons. The van der Waals surface area contributed by atoms with E-state index in [0.29, 0.717) is 39.1 Å². The molecule has 1 aliphatic heterocycles. The predicted octanol–water partition coefficient (Wildman–Crippen LogP) is 9.85. The second kappa shape index (κ2) is 12.9. The maximum Gasteiger partial charge on any atom is 0.416 e. The van der Waals surface area contributed by atoms with Gasteiger partial charge in [0.05, 0.1) is 23.8 Å². The molecule has 0 bridgehead atoms. The Kier molecular flexibility index (Phi) is 9.22. The monoisotopic (exact) mass is 671 g/mol. The van der Waals surface area contributed by atoms with Crippen LogP contribution in [0, 0.1) is 13.8 Å². The first-order chi connectivity index (χ1) is 22.5. The van der Waals surface area contributed by atoms with Crippen molar-refractivity contribution in [3.05, 3.63) is 112 Å². The van der Waals surface area contributed by atoms with Crippen LogP contribution >= 0.6 is 0 Å². The summed E-state index contributed by atoms with van der Waals surface area (Å²) in [7, 11) is 1.41. The van der Waals surface area contributed by atoms with Crippen LogP contribution in [0.15, 0.2) is 72.8 Å². The smallest absolute Gasteiger partial charge is 0.416 e. The number of methoxy groups -OCH3 is 1. The highest BCUT2D eigenvalue weighted by Crippen LogP contribution is 2.42. The van der Waals surface area contributed by atoms with Crippen LogP contribution in [0.1, 0.15) is 63.2 Å². The lowest BCUT2D eigenvalue weighted by Crippen LogP contribution is -2.44. The van der Waals surface area contributed by atoms with Crippen LogP contribution < -0.4 is 4.74 Å². The van der Waals surface area contributed by atoms with Crippen molar-refractivity contribution in [2.75, 3.05) is 7.11 Å². The van der Waals surface area contributed by atoms with Crippen LogP contribution in [-0.2, 0) is 23.6 Å². The lowest BCUT2D eigenvalue weighted by molar-refractivity contribution is -0.138. The minimum absolute atomic E-state index is 0.1000. The number of nitrogens with zero attached hydrogens (tertiary/aromatic N) is 1. The van der Waals surface area contributed by atoms with Crippen LogP contribution in [-0.4, -0.2) is 35.2 Å². The maximum atomic E-state index is 13.9. The van der Waals surface area contributed by atoms with Crippen molar-refractivity contribution in [3.63, 3.8) is 0 Å². The molecule has 48 heavy (non-hydrogen) atoms. The fourth-order valence-corrected chi connectivity index (χ4v) is 6.00. The first-order valence-electron chi connectivity index (χ1n) is 14.8. The quantitative estimate of drug-likeness (QED) is 0.198. The summed E-state index contributed by atoms with van der Waals surface area (Å²) >= 11 is 0. The highest BCUT2D eigenvalue weighted by molar-refractivity contribution is 5.89. The fraction of sp³-hybridized carbons (Fsp3) is 0.278. The topological polar surface area (TPSA) is 76.1 Å². The van der Waals surface area contributed by atoms with Gasteiger partial charge in [-0.1, -0.05) is 29.8 Å². The Balaban J connectivity index is 1.53. The molecule has 0 aliphatic carbocycles. The van der Waals surface area contributed by atoms with E-state index in [9.17, 15) is 41.0 Å². The fourth-order valence-electron chi connectivity index (χ4n) is 6.00. The Morgan fingerprint density at radius 1 is 0.875 bits per heavy atom. The van der Waals surface area contributed by atoms with Crippen LogP contribution in [0.2, 0.25) is 0 Å². The van der Waals surface area contributed by atoms with Crippen molar-refractivity contribution >= 4 is 12.1 Å². The van der Waals surface area contributed by atoms with Gasteiger partial charge in [-0.05, 0) is 103 Å². The highest BCUT2D eigenvalue weighted by Gasteiger charge is 2.37. The van der Waals surface area contributed by atoms with Gasteiger partial charge in [-0.3, -0.25) is 0 Å². The van der Waals surface area contributed by atoms with Crippen LogP contribution in [0.5, 0.6) is 5.75 Å². The summed E-state index contributed by atoms with van der Waals surface area (Å²) in [6, 6.07) is 15.7. The maximum absolute atomic E-state index is 13.9. The molecule has 0 spiro atoms. The number of aromatic carboxylic acids is 1. The van der Waals surface area contributed by atoms with E-state index in [4.69, 9.17) is 9.47 Å². The van der Waals surface area contributed by atoms with E-state index in [1.807, 2.05) is 0 Å². The number of benzene rings is 4. The molecule has 6 nitrogen and oxygen atoms in total. The normalized spacial score (nSPS) is 16.9. The van der Waals surface area contributed by atoms with Gasteiger partial charge in [-0.15, -0.1) is 0 Å². The first-order valence-corrected chi connectivity index (χ1v) is 14.8. The lowest BCUT2D eigenvalue weighted by atomic mass is 9.91. The molecule has 1 fully saturated rings. The van der Waals surface area contributed by atoms with E-state index in [1.165, 1.54) is 43.2 Å². The number of amides is 1. The number of carbonyl (C=O) groups excluding carboxylic acids is 1. The molecular weight excluding hydrogens is 640 g/mol. The molecule has 1 saturated heterocycles. The van der Waals surface area contributed by atoms with Crippen molar-refractivity contribution < 1.29 is 50.5 Å². The molecule has 252 valence electrons.